The molecule has 0 aromatic carbocycles. The quantitative estimate of drug-likeness (QED) is 0.352. The topological polar surface area (TPSA) is 115 Å². The maximum absolute atomic E-state index is 9.77. The van der Waals surface area contributed by atoms with Crippen LogP contribution in [0.1, 0.15) is 0 Å². The van der Waals surface area contributed by atoms with Gasteiger partial charge >= 0.3 is 11.9 Å². The van der Waals surface area contributed by atoms with E-state index >= 15 is 0 Å². The van der Waals surface area contributed by atoms with E-state index in [2.05, 4.69) is 0 Å². The number of carbonyl (C=O) groups is 2. The van der Waals surface area contributed by atoms with Gasteiger partial charge < -0.3 is 20.4 Å². The molecule has 0 saturated carbocycles. The minimum atomic E-state index is -2.27. The van der Waals surface area contributed by atoms with Gasteiger partial charge in [-0.05, 0) is 0 Å². The molecule has 60 valence electrons. The predicted octanol–water partition coefficient (Wildman–Crippen LogP) is -2.50. The number of carboxylic acid groups (broad SMARTS) is 2. The zero-order valence-corrected chi connectivity index (χ0v) is 6.88. The van der Waals surface area contributed by atoms with Crippen LogP contribution in [0.4, 0.5) is 0 Å². The van der Waals surface area contributed by atoms with Crippen LogP contribution >= 0.6 is 0 Å². The monoisotopic (exact) mass is 174 g/mol. The van der Waals surface area contributed by atoms with E-state index in [1.165, 1.54) is 0 Å². The van der Waals surface area contributed by atoms with Crippen LogP contribution in [0.5, 0.6) is 0 Å². The van der Waals surface area contributed by atoms with Crippen molar-refractivity contribution in [2.24, 2.45) is 0 Å². The number of rotatable bonds is 3. The van der Waals surface area contributed by atoms with E-state index in [-0.39, 0.29) is 23.1 Å². The van der Waals surface area contributed by atoms with Crippen molar-refractivity contribution in [2.75, 3.05) is 0 Å². The Hall–Kier alpha value is -0.374. The average Bonchev–Trinajstić information content (AvgIpc) is 1.84. The van der Waals surface area contributed by atoms with Crippen LogP contribution in [0, 0.1) is 0 Å². The minimum absolute atomic E-state index is 0. The molecule has 0 amide bonds. The van der Waals surface area contributed by atoms with Crippen molar-refractivity contribution in [1.29, 1.82) is 0 Å². The lowest BCUT2D eigenvalue weighted by atomic mass is 10.2. The molecule has 0 aliphatic carbocycles. The number of hydrogen-bond donors (Lipinski definition) is 4. The Balaban J connectivity index is 0. The number of aliphatic hydroxyl groups excluding tert-OH is 2. The summed E-state index contributed by atoms with van der Waals surface area (Å²) in [6.07, 6.45) is -4.53. The molecule has 0 aliphatic heterocycles. The SMILES string of the molecule is O=C(O)C(O)C(O)C(=O)O.[Mg]. The molecule has 0 aromatic heterocycles. The molecular formula is C4H6MgO6. The molecule has 0 heterocycles. The highest BCUT2D eigenvalue weighted by atomic mass is 24.3. The van der Waals surface area contributed by atoms with Gasteiger partial charge in [0, 0.05) is 23.1 Å². The van der Waals surface area contributed by atoms with E-state index in [9.17, 15) is 9.59 Å². The number of aliphatic carboxylic acids is 2. The Bertz CT molecular complexity index is 139. The lowest BCUT2D eigenvalue weighted by molar-refractivity contribution is -0.165. The fourth-order valence-electron chi connectivity index (χ4n) is 0.270. The van der Waals surface area contributed by atoms with Crippen molar-refractivity contribution in [3.63, 3.8) is 0 Å². The van der Waals surface area contributed by atoms with E-state index in [0.29, 0.717) is 0 Å². The second kappa shape index (κ2) is 5.30. The summed E-state index contributed by atoms with van der Waals surface area (Å²) in [6.45, 7) is 0. The van der Waals surface area contributed by atoms with E-state index in [4.69, 9.17) is 20.4 Å². The summed E-state index contributed by atoms with van der Waals surface area (Å²) in [6, 6.07) is 0. The van der Waals surface area contributed by atoms with Gasteiger partial charge in [0.2, 0.25) is 0 Å². The molecule has 0 rings (SSSR count). The van der Waals surface area contributed by atoms with Crippen molar-refractivity contribution >= 4 is 35.0 Å². The predicted molar refractivity (Wildman–Crippen MR) is 33.0 cm³/mol. The van der Waals surface area contributed by atoms with Gasteiger partial charge in [-0.25, -0.2) is 9.59 Å². The standard InChI is InChI=1S/C4H6O6.Mg/c5-1(3(7)8)2(6)4(9)10;/h1-2,5-6H,(H,7,8)(H,9,10);. The Labute approximate surface area is 77.6 Å². The molecule has 0 aromatic rings. The second-order valence-electron chi connectivity index (χ2n) is 1.57. The van der Waals surface area contributed by atoms with E-state index in [1.54, 1.807) is 0 Å². The molecule has 11 heavy (non-hydrogen) atoms. The van der Waals surface area contributed by atoms with Gasteiger partial charge in [-0.15, -0.1) is 0 Å². The first-order valence-corrected chi connectivity index (χ1v) is 2.28. The number of hydrogen-bond acceptors (Lipinski definition) is 4. The van der Waals surface area contributed by atoms with Gasteiger partial charge in [0.05, 0.1) is 0 Å². The van der Waals surface area contributed by atoms with E-state index in [0.717, 1.165) is 0 Å². The maximum Gasteiger partial charge on any atom is 0.335 e. The van der Waals surface area contributed by atoms with Crippen molar-refractivity contribution in [2.45, 2.75) is 12.2 Å². The van der Waals surface area contributed by atoms with Crippen LogP contribution in [0.2, 0.25) is 0 Å². The van der Waals surface area contributed by atoms with Crippen LogP contribution in [0.3, 0.4) is 0 Å². The zero-order valence-electron chi connectivity index (χ0n) is 5.47. The summed E-state index contributed by atoms with van der Waals surface area (Å²) < 4.78 is 0. The molecule has 0 fully saturated rings. The van der Waals surface area contributed by atoms with Crippen LogP contribution < -0.4 is 0 Å². The number of aliphatic hydroxyl groups is 2. The maximum atomic E-state index is 9.77. The Kier molecular flexibility index (Phi) is 6.37. The molecule has 0 bridgehead atoms. The Morgan fingerprint density at radius 3 is 1.18 bits per heavy atom. The first kappa shape index (κ1) is 13.2. The zero-order chi connectivity index (χ0) is 8.31. The molecule has 0 saturated heterocycles. The van der Waals surface area contributed by atoms with E-state index < -0.39 is 24.1 Å². The second-order valence-corrected chi connectivity index (χ2v) is 1.57. The fraction of sp³-hybridized carbons (Fsp3) is 0.500. The van der Waals surface area contributed by atoms with Crippen LogP contribution in [-0.4, -0.2) is 67.6 Å². The molecular weight excluding hydrogens is 168 g/mol. The van der Waals surface area contributed by atoms with Gasteiger partial charge in [0.1, 0.15) is 0 Å². The first-order chi connectivity index (χ1) is 4.46. The highest BCUT2D eigenvalue weighted by molar-refractivity contribution is 5.83. The molecule has 2 atom stereocenters. The summed E-state index contributed by atoms with van der Waals surface area (Å²) in [5, 5.41) is 32.5. The van der Waals surface area contributed by atoms with E-state index in [1.807, 2.05) is 0 Å². The third kappa shape index (κ3) is 4.14. The Morgan fingerprint density at radius 1 is 0.909 bits per heavy atom. The summed E-state index contributed by atoms with van der Waals surface area (Å²) in [7, 11) is 0. The lowest BCUT2D eigenvalue weighted by Gasteiger charge is -2.07. The van der Waals surface area contributed by atoms with Crippen molar-refractivity contribution in [3.8, 4) is 0 Å². The smallest absolute Gasteiger partial charge is 0.335 e. The van der Waals surface area contributed by atoms with Crippen LogP contribution in [-0.2, 0) is 9.59 Å². The molecule has 0 spiro atoms. The number of carboxylic acids is 2. The molecule has 2 unspecified atom stereocenters. The van der Waals surface area contributed by atoms with Crippen molar-refractivity contribution < 1.29 is 30.0 Å². The van der Waals surface area contributed by atoms with Gasteiger partial charge in [-0.2, -0.15) is 0 Å². The molecule has 2 radical (unpaired) electrons. The highest BCUT2D eigenvalue weighted by Gasteiger charge is 2.29. The third-order valence-corrected chi connectivity index (χ3v) is 0.805. The third-order valence-electron chi connectivity index (χ3n) is 0.805. The first-order valence-electron chi connectivity index (χ1n) is 2.28. The summed E-state index contributed by atoms with van der Waals surface area (Å²) >= 11 is 0. The fourth-order valence-corrected chi connectivity index (χ4v) is 0.270. The molecule has 4 N–H and O–H groups in total. The van der Waals surface area contributed by atoms with Gasteiger partial charge in [0.25, 0.3) is 0 Å². The van der Waals surface area contributed by atoms with Gasteiger partial charge in [0.15, 0.2) is 12.2 Å². The summed E-state index contributed by atoms with van der Waals surface area (Å²) in [4.78, 5) is 19.5. The molecule has 6 nitrogen and oxygen atoms in total. The average molecular weight is 174 g/mol. The summed E-state index contributed by atoms with van der Waals surface area (Å²) in [5.41, 5.74) is 0. The van der Waals surface area contributed by atoms with Gasteiger partial charge in [-0.3, -0.25) is 0 Å². The minimum Gasteiger partial charge on any atom is -0.479 e. The van der Waals surface area contributed by atoms with Crippen molar-refractivity contribution in [1.82, 2.24) is 0 Å². The lowest BCUT2D eigenvalue weighted by Crippen LogP contribution is -2.39. The Morgan fingerprint density at radius 2 is 1.09 bits per heavy atom. The molecule has 0 aliphatic rings. The van der Waals surface area contributed by atoms with Crippen LogP contribution in [0.25, 0.3) is 0 Å². The van der Waals surface area contributed by atoms with Crippen molar-refractivity contribution in [3.05, 3.63) is 0 Å². The normalized spacial score (nSPS) is 14.4. The van der Waals surface area contributed by atoms with Crippen LogP contribution in [0.15, 0.2) is 0 Å². The highest BCUT2D eigenvalue weighted by Crippen LogP contribution is 1.92. The molecule has 7 heteroatoms. The largest absolute Gasteiger partial charge is 0.479 e. The summed E-state index contributed by atoms with van der Waals surface area (Å²) in [5.74, 6) is -3.54. The van der Waals surface area contributed by atoms with Gasteiger partial charge in [-0.1, -0.05) is 0 Å².